The van der Waals surface area contributed by atoms with Gasteiger partial charge >= 0.3 is 0 Å². The number of halogens is 1. The predicted octanol–water partition coefficient (Wildman–Crippen LogP) is 2.82. The summed E-state index contributed by atoms with van der Waals surface area (Å²) in [6, 6.07) is 5.82. The minimum Gasteiger partial charge on any atom is -0.364 e. The average Bonchev–Trinajstić information content (AvgIpc) is 2.57. The quantitative estimate of drug-likeness (QED) is 0.801. The normalized spacial score (nSPS) is 10.8. The summed E-state index contributed by atoms with van der Waals surface area (Å²) in [6.45, 7) is 0.445. The van der Waals surface area contributed by atoms with E-state index in [2.05, 4.69) is 15.9 Å². The van der Waals surface area contributed by atoms with Crippen molar-refractivity contribution in [3.8, 4) is 0 Å². The third kappa shape index (κ3) is 1.82. The third-order valence-corrected chi connectivity index (χ3v) is 2.76. The Balaban J connectivity index is 2.69. The summed E-state index contributed by atoms with van der Waals surface area (Å²) >= 11 is 3.41. The molecule has 2 rings (SSSR count). The molecular formula is C11H10BrNO2. The van der Waals surface area contributed by atoms with Crippen LogP contribution in [0.2, 0.25) is 0 Å². The van der Waals surface area contributed by atoms with Crippen molar-refractivity contribution in [2.75, 3.05) is 7.11 Å². The Bertz CT molecular complexity index is 505. The monoisotopic (exact) mass is 267 g/mol. The molecule has 1 heterocycles. The summed E-state index contributed by atoms with van der Waals surface area (Å²) in [5, 5.41) is 0.949. The molecule has 1 aromatic carbocycles. The Kier molecular flexibility index (Phi) is 2.88. The van der Waals surface area contributed by atoms with E-state index >= 15 is 0 Å². The zero-order chi connectivity index (χ0) is 10.8. The Morgan fingerprint density at radius 3 is 3.00 bits per heavy atom. The molecule has 78 valence electrons. The van der Waals surface area contributed by atoms with Crippen molar-refractivity contribution in [2.45, 2.75) is 6.73 Å². The van der Waals surface area contributed by atoms with E-state index in [4.69, 9.17) is 4.74 Å². The van der Waals surface area contributed by atoms with Gasteiger partial charge in [0, 0.05) is 28.7 Å². The van der Waals surface area contributed by atoms with E-state index in [9.17, 15) is 4.79 Å². The molecule has 0 N–H and O–H groups in total. The lowest BCUT2D eigenvalue weighted by Crippen LogP contribution is -1.97. The molecule has 0 radical (unpaired) electrons. The van der Waals surface area contributed by atoms with Gasteiger partial charge in [-0.3, -0.25) is 4.79 Å². The van der Waals surface area contributed by atoms with Crippen molar-refractivity contribution >= 4 is 33.1 Å². The van der Waals surface area contributed by atoms with Crippen LogP contribution in [0.1, 0.15) is 10.4 Å². The van der Waals surface area contributed by atoms with E-state index in [0.29, 0.717) is 12.3 Å². The van der Waals surface area contributed by atoms with Crippen molar-refractivity contribution in [3.05, 3.63) is 34.4 Å². The number of rotatable bonds is 3. The topological polar surface area (TPSA) is 31.2 Å². The van der Waals surface area contributed by atoms with Crippen LogP contribution in [-0.4, -0.2) is 18.0 Å². The van der Waals surface area contributed by atoms with E-state index in [-0.39, 0.29) is 0 Å². The second kappa shape index (κ2) is 4.16. The Hall–Kier alpha value is -1.13. The van der Waals surface area contributed by atoms with E-state index in [0.717, 1.165) is 21.7 Å². The first-order valence-electron chi connectivity index (χ1n) is 4.49. The number of carbonyl (C=O) groups excluding carboxylic acids is 1. The minimum atomic E-state index is 0.445. The van der Waals surface area contributed by atoms with Crippen LogP contribution in [0.25, 0.3) is 10.9 Å². The van der Waals surface area contributed by atoms with Gasteiger partial charge in [-0.15, -0.1) is 0 Å². The van der Waals surface area contributed by atoms with Gasteiger partial charge in [-0.2, -0.15) is 0 Å². The largest absolute Gasteiger partial charge is 0.364 e. The highest BCUT2D eigenvalue weighted by Gasteiger charge is 2.07. The van der Waals surface area contributed by atoms with Crippen LogP contribution < -0.4 is 0 Å². The number of carbonyl (C=O) groups is 1. The Morgan fingerprint density at radius 1 is 1.53 bits per heavy atom. The third-order valence-electron chi connectivity index (χ3n) is 2.27. The van der Waals surface area contributed by atoms with Gasteiger partial charge in [0.2, 0.25) is 0 Å². The van der Waals surface area contributed by atoms with E-state index in [1.165, 1.54) is 0 Å². The fraction of sp³-hybridized carbons (Fsp3) is 0.182. The number of nitrogens with zero attached hydrogens (tertiary/aromatic N) is 1. The van der Waals surface area contributed by atoms with Gasteiger partial charge in [0.05, 0.1) is 5.52 Å². The molecule has 0 spiro atoms. The molecule has 0 fully saturated rings. The summed E-state index contributed by atoms with van der Waals surface area (Å²) in [6.07, 6.45) is 2.66. The Labute approximate surface area is 95.8 Å². The highest BCUT2D eigenvalue weighted by molar-refractivity contribution is 9.10. The minimum absolute atomic E-state index is 0.445. The molecule has 0 aliphatic carbocycles. The molecule has 0 unspecified atom stereocenters. The summed E-state index contributed by atoms with van der Waals surface area (Å²) in [5.41, 5.74) is 1.68. The van der Waals surface area contributed by atoms with Crippen molar-refractivity contribution in [1.82, 2.24) is 4.57 Å². The number of hydrogen-bond donors (Lipinski definition) is 0. The predicted molar refractivity (Wildman–Crippen MR) is 62.0 cm³/mol. The van der Waals surface area contributed by atoms with Gasteiger partial charge in [0.15, 0.2) is 6.29 Å². The maximum absolute atomic E-state index is 10.9. The molecule has 0 aliphatic heterocycles. The first kappa shape index (κ1) is 10.4. The van der Waals surface area contributed by atoms with Gasteiger partial charge in [0.1, 0.15) is 6.73 Å². The fourth-order valence-electron chi connectivity index (χ4n) is 1.63. The smallest absolute Gasteiger partial charge is 0.152 e. The molecule has 0 bridgehead atoms. The maximum Gasteiger partial charge on any atom is 0.152 e. The van der Waals surface area contributed by atoms with Gasteiger partial charge < -0.3 is 9.30 Å². The van der Waals surface area contributed by atoms with Crippen molar-refractivity contribution in [2.24, 2.45) is 0 Å². The Morgan fingerprint density at radius 2 is 2.33 bits per heavy atom. The molecule has 3 nitrogen and oxygen atoms in total. The maximum atomic E-state index is 10.9. The van der Waals surface area contributed by atoms with E-state index < -0.39 is 0 Å². The average molecular weight is 268 g/mol. The highest BCUT2D eigenvalue weighted by atomic mass is 79.9. The molecule has 0 saturated carbocycles. The number of aldehydes is 1. The second-order valence-electron chi connectivity index (χ2n) is 3.25. The summed E-state index contributed by atoms with van der Waals surface area (Å²) < 4.78 is 7.96. The summed E-state index contributed by atoms with van der Waals surface area (Å²) in [7, 11) is 1.63. The molecule has 2 aromatic rings. The lowest BCUT2D eigenvalue weighted by atomic mass is 10.2. The number of benzene rings is 1. The van der Waals surface area contributed by atoms with Gasteiger partial charge in [0.25, 0.3) is 0 Å². The van der Waals surface area contributed by atoms with Crippen LogP contribution in [0.15, 0.2) is 28.9 Å². The SMILES string of the molecule is COCn1cc(C=O)c2ccc(Br)cc21. The molecule has 0 aliphatic rings. The number of hydrogen-bond acceptors (Lipinski definition) is 2. The second-order valence-corrected chi connectivity index (χ2v) is 4.17. The molecule has 1 aromatic heterocycles. The number of aromatic nitrogens is 1. The standard InChI is InChI=1S/C11H10BrNO2/c1-15-7-13-5-8(6-14)10-3-2-9(12)4-11(10)13/h2-6H,7H2,1H3. The first-order valence-corrected chi connectivity index (χ1v) is 5.28. The summed E-state index contributed by atoms with van der Waals surface area (Å²) in [5.74, 6) is 0. The van der Waals surface area contributed by atoms with Crippen LogP contribution in [-0.2, 0) is 11.5 Å². The zero-order valence-corrected chi connectivity index (χ0v) is 9.82. The van der Waals surface area contributed by atoms with Crippen LogP contribution >= 0.6 is 15.9 Å². The lowest BCUT2D eigenvalue weighted by molar-refractivity contribution is 0.112. The molecule has 15 heavy (non-hydrogen) atoms. The number of fused-ring (bicyclic) bond motifs is 1. The molecule has 4 heteroatoms. The first-order chi connectivity index (χ1) is 7.26. The van der Waals surface area contributed by atoms with Gasteiger partial charge in [-0.05, 0) is 12.1 Å². The van der Waals surface area contributed by atoms with Crippen LogP contribution in [0.5, 0.6) is 0 Å². The zero-order valence-electron chi connectivity index (χ0n) is 8.24. The van der Waals surface area contributed by atoms with Crippen molar-refractivity contribution in [3.63, 3.8) is 0 Å². The fourth-order valence-corrected chi connectivity index (χ4v) is 1.98. The van der Waals surface area contributed by atoms with Crippen LogP contribution in [0.3, 0.4) is 0 Å². The van der Waals surface area contributed by atoms with Gasteiger partial charge in [-0.25, -0.2) is 0 Å². The highest BCUT2D eigenvalue weighted by Crippen LogP contribution is 2.24. The molecular weight excluding hydrogens is 258 g/mol. The number of methoxy groups -OCH3 is 1. The number of ether oxygens (including phenoxy) is 1. The van der Waals surface area contributed by atoms with Crippen molar-refractivity contribution < 1.29 is 9.53 Å². The lowest BCUT2D eigenvalue weighted by Gasteiger charge is -2.02. The molecule has 0 amide bonds. The van der Waals surface area contributed by atoms with Crippen LogP contribution in [0, 0.1) is 0 Å². The molecule has 0 saturated heterocycles. The van der Waals surface area contributed by atoms with Crippen LogP contribution in [0.4, 0.5) is 0 Å². The van der Waals surface area contributed by atoms with E-state index in [1.54, 1.807) is 13.3 Å². The summed E-state index contributed by atoms with van der Waals surface area (Å²) in [4.78, 5) is 10.9. The van der Waals surface area contributed by atoms with Gasteiger partial charge in [-0.1, -0.05) is 22.0 Å². The van der Waals surface area contributed by atoms with E-state index in [1.807, 2.05) is 22.8 Å². The molecule has 0 atom stereocenters. The van der Waals surface area contributed by atoms with Crippen molar-refractivity contribution in [1.29, 1.82) is 0 Å².